The van der Waals surface area contributed by atoms with Crippen molar-refractivity contribution in [2.24, 2.45) is 5.92 Å². The van der Waals surface area contributed by atoms with Crippen LogP contribution in [-0.2, 0) is 17.4 Å². The molecule has 2 atom stereocenters. The zero-order chi connectivity index (χ0) is 33.7. The molecule has 0 unspecified atom stereocenters. The Morgan fingerprint density at radius 2 is 1.79 bits per heavy atom. The number of oxazole rings is 1. The molecule has 2 aromatic carbocycles. The molecule has 4 bridgehead atoms. The predicted octanol–water partition coefficient (Wildman–Crippen LogP) is 4.56. The minimum absolute atomic E-state index is 0.0811. The van der Waals surface area contributed by atoms with Crippen LogP contribution < -0.4 is 16.0 Å². The fourth-order valence-corrected chi connectivity index (χ4v) is 5.95. The van der Waals surface area contributed by atoms with Gasteiger partial charge < -0.3 is 25.3 Å². The molecule has 5 rings (SSSR count). The van der Waals surface area contributed by atoms with Gasteiger partial charge in [-0.05, 0) is 29.7 Å². The molecule has 15 heteroatoms. The maximum Gasteiger partial charge on any atom is 0.416 e. The van der Waals surface area contributed by atoms with E-state index >= 15 is 0 Å². The second-order valence-electron chi connectivity index (χ2n) is 11.2. The lowest BCUT2D eigenvalue weighted by Crippen LogP contribution is -2.45. The van der Waals surface area contributed by atoms with E-state index in [4.69, 9.17) is 4.42 Å². The van der Waals surface area contributed by atoms with E-state index in [1.165, 1.54) is 17.4 Å². The smallest absolute Gasteiger partial charge is 0.416 e. The molecule has 4 amide bonds. The van der Waals surface area contributed by atoms with Crippen LogP contribution in [0.4, 0.5) is 13.2 Å². The van der Waals surface area contributed by atoms with Crippen LogP contribution in [0.2, 0.25) is 0 Å². The fourth-order valence-electron chi connectivity index (χ4n) is 4.93. The monoisotopic (exact) mass is 668 g/mol. The van der Waals surface area contributed by atoms with E-state index in [-0.39, 0.29) is 41.8 Å². The number of carbonyl (C=O) groups is 4. The first-order valence-electron chi connectivity index (χ1n) is 14.7. The molecule has 0 radical (unpaired) electrons. The van der Waals surface area contributed by atoms with Gasteiger partial charge in [0.25, 0.3) is 17.7 Å². The van der Waals surface area contributed by atoms with E-state index in [1.807, 2.05) is 44.2 Å². The van der Waals surface area contributed by atoms with Crippen molar-refractivity contribution >= 4 is 35.0 Å². The molecule has 11 nitrogen and oxygen atoms in total. The highest BCUT2D eigenvalue weighted by Crippen LogP contribution is 2.30. The number of nitrogens with one attached hydrogen (secondary N) is 3. The molecule has 0 saturated heterocycles. The third kappa shape index (κ3) is 8.22. The number of amides is 4. The van der Waals surface area contributed by atoms with Crippen LogP contribution in [0.15, 0.2) is 70.7 Å². The average molecular weight is 669 g/mol. The first-order chi connectivity index (χ1) is 22.4. The Morgan fingerprint density at radius 3 is 2.51 bits per heavy atom. The van der Waals surface area contributed by atoms with Crippen LogP contribution in [0.3, 0.4) is 0 Å². The summed E-state index contributed by atoms with van der Waals surface area (Å²) in [6.07, 6.45) is -3.25. The molecular formula is C32H31F3N6O5S. The molecule has 3 heterocycles. The Hall–Kier alpha value is -5.05. The summed E-state index contributed by atoms with van der Waals surface area (Å²) in [5.74, 6) is -2.73. The van der Waals surface area contributed by atoms with Gasteiger partial charge in [-0.3, -0.25) is 19.2 Å². The number of aromatic nitrogens is 2. The van der Waals surface area contributed by atoms with Crippen molar-refractivity contribution < 1.29 is 36.8 Å². The number of rotatable bonds is 4. The van der Waals surface area contributed by atoms with E-state index in [1.54, 1.807) is 5.38 Å². The van der Waals surface area contributed by atoms with Crippen molar-refractivity contribution in [2.45, 2.75) is 38.5 Å². The van der Waals surface area contributed by atoms with Gasteiger partial charge in [-0.1, -0.05) is 50.2 Å². The normalized spacial score (nSPS) is 18.2. The van der Waals surface area contributed by atoms with Crippen LogP contribution in [0, 0.1) is 5.92 Å². The third-order valence-electron chi connectivity index (χ3n) is 7.37. The van der Waals surface area contributed by atoms with Crippen LogP contribution >= 0.6 is 11.3 Å². The lowest BCUT2D eigenvalue weighted by molar-refractivity contribution is -0.137. The highest BCUT2D eigenvalue weighted by atomic mass is 32.1. The van der Waals surface area contributed by atoms with E-state index in [2.05, 4.69) is 25.9 Å². The number of fused-ring (bicyclic) bond motifs is 4. The molecular weight excluding hydrogens is 637 g/mol. The number of carbonyl (C=O) groups excluding carboxylic acids is 4. The number of halogens is 3. The number of nitrogens with zero attached hydrogens (tertiary/aromatic N) is 3. The molecule has 0 saturated carbocycles. The largest absolute Gasteiger partial charge is 0.446 e. The summed E-state index contributed by atoms with van der Waals surface area (Å²) in [5.41, 5.74) is -0.426. The number of hydrogen-bond donors (Lipinski definition) is 3. The molecule has 47 heavy (non-hydrogen) atoms. The van der Waals surface area contributed by atoms with Crippen LogP contribution in [0.5, 0.6) is 0 Å². The maximum atomic E-state index is 13.5. The van der Waals surface area contributed by atoms with Crippen LogP contribution in [0.1, 0.15) is 79.3 Å². The van der Waals surface area contributed by atoms with Crippen molar-refractivity contribution in [3.63, 3.8) is 0 Å². The summed E-state index contributed by atoms with van der Waals surface area (Å²) in [6.45, 7) is 2.79. The van der Waals surface area contributed by atoms with E-state index in [0.29, 0.717) is 17.5 Å². The summed E-state index contributed by atoms with van der Waals surface area (Å²) in [4.78, 5) is 63.0. The van der Waals surface area contributed by atoms with Gasteiger partial charge in [-0.15, -0.1) is 11.3 Å². The zero-order valence-corrected chi connectivity index (χ0v) is 26.2. The van der Waals surface area contributed by atoms with Crippen LogP contribution in [-0.4, -0.2) is 58.1 Å². The number of alkyl halides is 3. The van der Waals surface area contributed by atoms with Gasteiger partial charge >= 0.3 is 6.18 Å². The highest BCUT2D eigenvalue weighted by molar-refractivity contribution is 7.09. The van der Waals surface area contributed by atoms with Crippen molar-refractivity contribution in [2.75, 3.05) is 19.6 Å². The highest BCUT2D eigenvalue weighted by Gasteiger charge is 2.32. The lowest BCUT2D eigenvalue weighted by atomic mass is 10.0. The van der Waals surface area contributed by atoms with Gasteiger partial charge in [0.1, 0.15) is 23.0 Å². The minimum Gasteiger partial charge on any atom is -0.446 e. The summed E-state index contributed by atoms with van der Waals surface area (Å²) < 4.78 is 45.8. The zero-order valence-electron chi connectivity index (χ0n) is 25.3. The first kappa shape index (κ1) is 33.3. The predicted molar refractivity (Wildman–Crippen MR) is 164 cm³/mol. The Balaban J connectivity index is 1.47. The maximum absolute atomic E-state index is 13.5. The molecule has 2 aromatic heterocycles. The van der Waals surface area contributed by atoms with Gasteiger partial charge in [-0.2, -0.15) is 13.2 Å². The first-order valence-corrected chi connectivity index (χ1v) is 15.6. The minimum atomic E-state index is -4.68. The van der Waals surface area contributed by atoms with Gasteiger partial charge in [0.2, 0.25) is 11.8 Å². The van der Waals surface area contributed by atoms with Crippen LogP contribution in [0.25, 0.3) is 0 Å². The van der Waals surface area contributed by atoms with Gasteiger partial charge in [0.15, 0.2) is 5.69 Å². The molecule has 0 fully saturated rings. The molecule has 1 aliphatic heterocycles. The summed E-state index contributed by atoms with van der Waals surface area (Å²) in [5, 5.41) is 10.3. The van der Waals surface area contributed by atoms with Gasteiger partial charge in [-0.25, -0.2) is 9.97 Å². The summed E-state index contributed by atoms with van der Waals surface area (Å²) >= 11 is 1.17. The molecule has 3 N–H and O–H groups in total. The number of hydrogen-bond acceptors (Lipinski definition) is 8. The van der Waals surface area contributed by atoms with E-state index in [0.717, 1.165) is 28.9 Å². The van der Waals surface area contributed by atoms with Gasteiger partial charge in [0, 0.05) is 30.5 Å². The van der Waals surface area contributed by atoms with E-state index < -0.39 is 54.0 Å². The van der Waals surface area contributed by atoms with Crippen molar-refractivity contribution in [3.8, 4) is 0 Å². The lowest BCUT2D eigenvalue weighted by Gasteiger charge is -2.25. The number of benzene rings is 2. The van der Waals surface area contributed by atoms with Gasteiger partial charge in [0.05, 0.1) is 18.2 Å². The molecule has 1 aliphatic rings. The van der Waals surface area contributed by atoms with Crippen molar-refractivity contribution in [3.05, 3.63) is 105 Å². The molecule has 0 spiro atoms. The number of thiazole rings is 1. The quantitative estimate of drug-likeness (QED) is 0.289. The Labute approximate surface area is 271 Å². The second-order valence-corrected chi connectivity index (χ2v) is 12.1. The standard InChI is InChI=1S/C32H31F3N6O5S/c1-18(2)26-30-39-24(17-47-30)28(44)37-22(13-19-7-4-3-5-8-19)29-38-23(16-46-29)27(43)36-11-12-41(15-25(42)40-26)31(45)20-9-6-10-21(14-20)32(33,34)35/h3-10,14,16-18,22,26H,11-13,15H2,1-2H3,(H,36,43)(H,37,44)(H,40,42)/t22-,26-/m0/s1. The Bertz CT molecular complexity index is 1760. The van der Waals surface area contributed by atoms with Crippen molar-refractivity contribution in [1.29, 1.82) is 0 Å². The topological polar surface area (TPSA) is 147 Å². The summed E-state index contributed by atoms with van der Waals surface area (Å²) in [6, 6.07) is 11.8. The van der Waals surface area contributed by atoms with Crippen molar-refractivity contribution in [1.82, 2.24) is 30.8 Å². The molecule has 246 valence electrons. The second kappa shape index (κ2) is 14.2. The summed E-state index contributed by atoms with van der Waals surface area (Å²) in [7, 11) is 0. The Morgan fingerprint density at radius 1 is 1.02 bits per heavy atom. The average Bonchev–Trinajstić information content (AvgIpc) is 3.73. The molecule has 0 aliphatic carbocycles. The Kier molecular flexibility index (Phi) is 10.0. The third-order valence-corrected chi connectivity index (χ3v) is 8.30. The fraction of sp³-hybridized carbons (Fsp3) is 0.312. The van der Waals surface area contributed by atoms with E-state index in [9.17, 15) is 32.3 Å². The molecule has 4 aromatic rings. The SMILES string of the molecule is CC(C)[C@@H]1NC(=O)CN(C(=O)c2cccc(C(F)(F)F)c2)CCNC(=O)c2coc(n2)[C@H](Cc2ccccc2)NC(=O)c2csc1n2.